The molecule has 0 aromatic heterocycles. The van der Waals surface area contributed by atoms with Gasteiger partial charge < -0.3 is 10.5 Å². The van der Waals surface area contributed by atoms with Gasteiger partial charge in [0.05, 0.1) is 13.2 Å². The van der Waals surface area contributed by atoms with Gasteiger partial charge in [0.25, 0.3) is 0 Å². The van der Waals surface area contributed by atoms with Crippen molar-refractivity contribution in [2.75, 3.05) is 19.8 Å². The first-order valence-corrected chi connectivity index (χ1v) is 6.04. The number of benzene rings is 1. The summed E-state index contributed by atoms with van der Waals surface area (Å²) < 4.78 is 7.53. The van der Waals surface area contributed by atoms with E-state index in [1.807, 2.05) is 12.1 Å². The summed E-state index contributed by atoms with van der Waals surface area (Å²) in [4.78, 5) is 0. The Morgan fingerprint density at radius 1 is 1.21 bits per heavy atom. The number of ether oxygens (including phenoxy) is 1. The molecule has 1 rings (SSSR count). The fourth-order valence-electron chi connectivity index (χ4n) is 1.10. The average molecular weight is 323 g/mol. The molecule has 0 heterocycles. The van der Waals surface area contributed by atoms with Crippen molar-refractivity contribution in [1.29, 1.82) is 0 Å². The van der Waals surface area contributed by atoms with E-state index in [1.165, 1.54) is 5.56 Å². The van der Waals surface area contributed by atoms with E-state index in [9.17, 15) is 0 Å². The third kappa shape index (κ3) is 4.09. The van der Waals surface area contributed by atoms with Crippen LogP contribution in [0.2, 0.25) is 0 Å². The van der Waals surface area contributed by atoms with Crippen LogP contribution in [0.4, 0.5) is 0 Å². The van der Waals surface area contributed by atoms with Crippen LogP contribution < -0.4 is 5.73 Å². The van der Waals surface area contributed by atoms with Crippen LogP contribution in [0.15, 0.2) is 27.1 Å². The molecule has 0 saturated heterocycles. The van der Waals surface area contributed by atoms with Crippen molar-refractivity contribution in [2.24, 2.45) is 5.73 Å². The van der Waals surface area contributed by atoms with Crippen LogP contribution in [0.1, 0.15) is 5.56 Å². The Kier molecular flexibility index (Phi) is 5.70. The number of hydrogen-bond donors (Lipinski definition) is 1. The maximum absolute atomic E-state index is 5.32. The Morgan fingerprint density at radius 2 is 2.00 bits per heavy atom. The molecule has 0 amide bonds. The third-order valence-corrected chi connectivity index (χ3v) is 3.05. The van der Waals surface area contributed by atoms with E-state index in [0.717, 1.165) is 15.4 Å². The van der Waals surface area contributed by atoms with Gasteiger partial charge in [0.1, 0.15) is 0 Å². The Bertz CT molecular complexity index is 291. The second-order valence-corrected chi connectivity index (χ2v) is 4.66. The maximum Gasteiger partial charge on any atom is 0.0588 e. The summed E-state index contributed by atoms with van der Waals surface area (Å²) in [5.41, 5.74) is 6.57. The van der Waals surface area contributed by atoms with Crippen molar-refractivity contribution in [3.8, 4) is 0 Å². The van der Waals surface area contributed by atoms with Crippen LogP contribution in [0.25, 0.3) is 0 Å². The molecular formula is C10H13Br2NO. The molecule has 0 bridgehead atoms. The standard InChI is InChI=1S/C10H13Br2NO/c11-9-1-2-10(12)8(7-9)3-5-14-6-4-13/h1-2,7H,3-6,13H2. The zero-order valence-corrected chi connectivity index (χ0v) is 11.0. The van der Waals surface area contributed by atoms with Crippen LogP contribution in [-0.2, 0) is 11.2 Å². The molecule has 0 aliphatic carbocycles. The van der Waals surface area contributed by atoms with Gasteiger partial charge in [0.2, 0.25) is 0 Å². The highest BCUT2D eigenvalue weighted by molar-refractivity contribution is 9.11. The molecule has 14 heavy (non-hydrogen) atoms. The largest absolute Gasteiger partial charge is 0.380 e. The molecule has 2 N–H and O–H groups in total. The summed E-state index contributed by atoms with van der Waals surface area (Å²) >= 11 is 6.94. The topological polar surface area (TPSA) is 35.2 Å². The molecule has 0 atom stereocenters. The minimum absolute atomic E-state index is 0.583. The van der Waals surface area contributed by atoms with Crippen LogP contribution in [0.5, 0.6) is 0 Å². The SMILES string of the molecule is NCCOCCc1cc(Br)ccc1Br. The predicted molar refractivity (Wildman–Crippen MR) is 65.4 cm³/mol. The van der Waals surface area contributed by atoms with Crippen molar-refractivity contribution in [2.45, 2.75) is 6.42 Å². The lowest BCUT2D eigenvalue weighted by Crippen LogP contribution is -2.10. The van der Waals surface area contributed by atoms with E-state index in [2.05, 4.69) is 37.9 Å². The summed E-state index contributed by atoms with van der Waals surface area (Å²) in [5.74, 6) is 0. The first-order valence-electron chi connectivity index (χ1n) is 4.46. The highest BCUT2D eigenvalue weighted by atomic mass is 79.9. The monoisotopic (exact) mass is 321 g/mol. The average Bonchev–Trinajstić information content (AvgIpc) is 2.18. The highest BCUT2D eigenvalue weighted by Crippen LogP contribution is 2.21. The summed E-state index contributed by atoms with van der Waals surface area (Å²) in [6.45, 7) is 1.93. The summed E-state index contributed by atoms with van der Waals surface area (Å²) in [6.07, 6.45) is 0.903. The normalized spacial score (nSPS) is 10.5. The summed E-state index contributed by atoms with van der Waals surface area (Å²) in [7, 11) is 0. The van der Waals surface area contributed by atoms with Gasteiger partial charge >= 0.3 is 0 Å². The molecular weight excluding hydrogens is 310 g/mol. The minimum Gasteiger partial charge on any atom is -0.380 e. The molecule has 0 unspecified atom stereocenters. The Balaban J connectivity index is 2.45. The molecule has 78 valence electrons. The number of hydrogen-bond acceptors (Lipinski definition) is 2. The van der Waals surface area contributed by atoms with E-state index in [4.69, 9.17) is 10.5 Å². The van der Waals surface area contributed by atoms with Crippen LogP contribution >= 0.6 is 31.9 Å². The Labute approximate surface area is 101 Å². The molecule has 0 fully saturated rings. The van der Waals surface area contributed by atoms with Crippen molar-refractivity contribution in [3.63, 3.8) is 0 Å². The Hall–Kier alpha value is 0.1000. The first-order chi connectivity index (χ1) is 6.74. The van der Waals surface area contributed by atoms with E-state index in [1.54, 1.807) is 0 Å². The van der Waals surface area contributed by atoms with Crippen LogP contribution in [0, 0.1) is 0 Å². The molecule has 0 aliphatic rings. The molecule has 2 nitrogen and oxygen atoms in total. The van der Waals surface area contributed by atoms with Crippen molar-refractivity contribution in [1.82, 2.24) is 0 Å². The Morgan fingerprint density at radius 3 is 2.71 bits per heavy atom. The van der Waals surface area contributed by atoms with Crippen molar-refractivity contribution >= 4 is 31.9 Å². The van der Waals surface area contributed by atoms with Gasteiger partial charge in [-0.15, -0.1) is 0 Å². The summed E-state index contributed by atoms with van der Waals surface area (Å²) in [6, 6.07) is 6.13. The molecule has 4 heteroatoms. The molecule has 0 saturated carbocycles. The summed E-state index contributed by atoms with van der Waals surface area (Å²) in [5, 5.41) is 0. The second kappa shape index (κ2) is 6.56. The highest BCUT2D eigenvalue weighted by Gasteiger charge is 2.00. The number of rotatable bonds is 5. The lowest BCUT2D eigenvalue weighted by molar-refractivity contribution is 0.144. The van der Waals surface area contributed by atoms with Gasteiger partial charge in [0, 0.05) is 15.5 Å². The minimum atomic E-state index is 0.583. The van der Waals surface area contributed by atoms with E-state index in [0.29, 0.717) is 19.8 Å². The molecule has 1 aromatic rings. The van der Waals surface area contributed by atoms with Gasteiger partial charge in [-0.25, -0.2) is 0 Å². The van der Waals surface area contributed by atoms with Crippen molar-refractivity contribution < 1.29 is 4.74 Å². The van der Waals surface area contributed by atoms with Gasteiger partial charge in [-0.3, -0.25) is 0 Å². The smallest absolute Gasteiger partial charge is 0.0588 e. The fourth-order valence-corrected chi connectivity index (χ4v) is 1.96. The molecule has 1 aromatic carbocycles. The van der Waals surface area contributed by atoms with Gasteiger partial charge in [0.15, 0.2) is 0 Å². The zero-order chi connectivity index (χ0) is 10.4. The van der Waals surface area contributed by atoms with E-state index < -0.39 is 0 Å². The van der Waals surface area contributed by atoms with E-state index in [-0.39, 0.29) is 0 Å². The quantitative estimate of drug-likeness (QED) is 0.846. The number of halogens is 2. The van der Waals surface area contributed by atoms with Crippen molar-refractivity contribution in [3.05, 3.63) is 32.7 Å². The van der Waals surface area contributed by atoms with Gasteiger partial charge in [-0.2, -0.15) is 0 Å². The second-order valence-electron chi connectivity index (χ2n) is 2.89. The van der Waals surface area contributed by atoms with Crippen LogP contribution in [0.3, 0.4) is 0 Å². The van der Waals surface area contributed by atoms with Gasteiger partial charge in [-0.1, -0.05) is 31.9 Å². The van der Waals surface area contributed by atoms with E-state index >= 15 is 0 Å². The lowest BCUT2D eigenvalue weighted by atomic mass is 10.2. The molecule has 0 aliphatic heterocycles. The lowest BCUT2D eigenvalue weighted by Gasteiger charge is -2.05. The number of nitrogens with two attached hydrogens (primary N) is 1. The zero-order valence-electron chi connectivity index (χ0n) is 7.80. The van der Waals surface area contributed by atoms with Gasteiger partial charge in [-0.05, 0) is 30.2 Å². The molecule has 0 spiro atoms. The first kappa shape index (κ1) is 12.2. The predicted octanol–water partition coefficient (Wildman–Crippen LogP) is 2.73. The third-order valence-electron chi connectivity index (χ3n) is 1.79. The maximum atomic E-state index is 5.32. The van der Waals surface area contributed by atoms with Crippen LogP contribution in [-0.4, -0.2) is 19.8 Å². The molecule has 0 radical (unpaired) electrons. The fraction of sp³-hybridized carbons (Fsp3) is 0.400.